The van der Waals surface area contributed by atoms with E-state index >= 15 is 0 Å². The predicted molar refractivity (Wildman–Crippen MR) is 50.5 cm³/mol. The Bertz CT molecular complexity index is 333. The molecule has 2 amide bonds. The first-order valence-electron chi connectivity index (χ1n) is 4.18. The first-order valence-corrected chi connectivity index (χ1v) is 5.06. The van der Waals surface area contributed by atoms with Crippen LogP contribution in [0.5, 0.6) is 0 Å². The van der Waals surface area contributed by atoms with E-state index in [4.69, 9.17) is 0 Å². The van der Waals surface area contributed by atoms with Crippen molar-refractivity contribution in [1.82, 2.24) is 15.2 Å². The highest BCUT2D eigenvalue weighted by Gasteiger charge is 2.25. The monoisotopic (exact) mass is 211 g/mol. The van der Waals surface area contributed by atoms with E-state index in [1.165, 1.54) is 16.2 Å². The summed E-state index contributed by atoms with van der Waals surface area (Å²) in [5.74, 6) is -0.343. The van der Waals surface area contributed by atoms with Gasteiger partial charge >= 0.3 is 0 Å². The van der Waals surface area contributed by atoms with Crippen LogP contribution < -0.4 is 5.32 Å². The summed E-state index contributed by atoms with van der Waals surface area (Å²) in [5, 5.41) is 2.74. The van der Waals surface area contributed by atoms with E-state index in [1.54, 1.807) is 11.7 Å². The number of thiazole rings is 1. The van der Waals surface area contributed by atoms with Gasteiger partial charge in [0.15, 0.2) is 0 Å². The number of carbonyl (C=O) groups is 2. The minimum Gasteiger partial charge on any atom is -0.300 e. The van der Waals surface area contributed by atoms with Gasteiger partial charge in [-0.05, 0) is 0 Å². The second-order valence-electron chi connectivity index (χ2n) is 2.94. The lowest BCUT2D eigenvalue weighted by atomic mass is 10.3. The number of piperazine rings is 1. The minimum absolute atomic E-state index is 0.172. The zero-order valence-corrected chi connectivity index (χ0v) is 8.21. The Balaban J connectivity index is 2.08. The van der Waals surface area contributed by atoms with Crippen LogP contribution in [0.4, 0.5) is 0 Å². The lowest BCUT2D eigenvalue weighted by Gasteiger charge is -2.24. The maximum atomic E-state index is 11.4. The van der Waals surface area contributed by atoms with Gasteiger partial charge in [0.2, 0.25) is 11.8 Å². The van der Waals surface area contributed by atoms with Gasteiger partial charge in [-0.15, -0.1) is 11.3 Å². The maximum absolute atomic E-state index is 11.4. The molecule has 1 aliphatic rings. The quantitative estimate of drug-likeness (QED) is 0.676. The van der Waals surface area contributed by atoms with Crippen molar-refractivity contribution in [3.8, 4) is 0 Å². The molecule has 1 aromatic rings. The number of nitrogens with one attached hydrogen (secondary N) is 1. The molecule has 0 aliphatic carbocycles. The molecule has 0 spiro atoms. The third-order valence-electron chi connectivity index (χ3n) is 1.95. The molecular formula is C8H9N3O2S. The number of carbonyl (C=O) groups excluding carboxylic acids is 2. The van der Waals surface area contributed by atoms with Gasteiger partial charge in [0.25, 0.3) is 0 Å². The molecule has 1 saturated heterocycles. The van der Waals surface area contributed by atoms with Gasteiger partial charge in [-0.1, -0.05) is 0 Å². The number of aromatic nitrogens is 1. The predicted octanol–water partition coefficient (Wildman–Crippen LogP) is -0.398. The first kappa shape index (κ1) is 9.29. The summed E-state index contributed by atoms with van der Waals surface area (Å²) >= 11 is 1.44. The van der Waals surface area contributed by atoms with Crippen LogP contribution in [-0.2, 0) is 16.1 Å². The van der Waals surface area contributed by atoms with E-state index in [9.17, 15) is 9.59 Å². The molecule has 6 heteroatoms. The standard InChI is InChI=1S/C8H9N3O2S/c12-7-2-9-3-8(13)11(7)4-6-1-10-5-14-6/h1,5,9H,2-4H2. The Morgan fingerprint density at radius 1 is 1.43 bits per heavy atom. The Morgan fingerprint density at radius 2 is 2.14 bits per heavy atom. The number of nitrogens with zero attached hydrogens (tertiary/aromatic N) is 2. The Labute approximate surface area is 84.7 Å². The number of rotatable bonds is 2. The molecule has 14 heavy (non-hydrogen) atoms. The van der Waals surface area contributed by atoms with Crippen LogP contribution in [0, 0.1) is 0 Å². The molecule has 5 nitrogen and oxygen atoms in total. The van der Waals surface area contributed by atoms with Gasteiger partial charge in [-0.25, -0.2) is 0 Å². The van der Waals surface area contributed by atoms with Crippen LogP contribution in [0.3, 0.4) is 0 Å². The van der Waals surface area contributed by atoms with E-state index in [0.717, 1.165) is 4.88 Å². The molecule has 2 rings (SSSR count). The summed E-state index contributed by atoms with van der Waals surface area (Å²) in [6.45, 7) is 0.832. The molecule has 0 radical (unpaired) electrons. The van der Waals surface area contributed by atoms with Crippen molar-refractivity contribution >= 4 is 23.2 Å². The lowest BCUT2D eigenvalue weighted by molar-refractivity contribution is -0.147. The van der Waals surface area contributed by atoms with E-state index in [0.29, 0.717) is 6.54 Å². The van der Waals surface area contributed by atoms with Crippen molar-refractivity contribution in [3.63, 3.8) is 0 Å². The molecule has 0 saturated carbocycles. The molecule has 0 aromatic carbocycles. The summed E-state index contributed by atoms with van der Waals surface area (Å²) in [7, 11) is 0. The van der Waals surface area contributed by atoms with Crippen molar-refractivity contribution in [2.45, 2.75) is 6.54 Å². The number of imide groups is 1. The summed E-state index contributed by atoms with van der Waals surface area (Å²) in [4.78, 5) is 28.8. The van der Waals surface area contributed by atoms with Gasteiger partial charge in [0, 0.05) is 11.1 Å². The van der Waals surface area contributed by atoms with Gasteiger partial charge < -0.3 is 0 Å². The smallest absolute Gasteiger partial charge is 0.243 e. The zero-order valence-electron chi connectivity index (χ0n) is 7.40. The second-order valence-corrected chi connectivity index (χ2v) is 3.92. The Kier molecular flexibility index (Phi) is 2.55. The van der Waals surface area contributed by atoms with Crippen LogP contribution in [0.25, 0.3) is 0 Å². The molecule has 74 valence electrons. The average molecular weight is 211 g/mol. The van der Waals surface area contributed by atoms with E-state index in [1.807, 2.05) is 0 Å². The maximum Gasteiger partial charge on any atom is 0.243 e. The van der Waals surface area contributed by atoms with Crippen LogP contribution in [0.2, 0.25) is 0 Å². The fourth-order valence-corrected chi connectivity index (χ4v) is 1.84. The molecule has 1 N–H and O–H groups in total. The molecule has 1 fully saturated rings. The van der Waals surface area contributed by atoms with Crippen LogP contribution in [-0.4, -0.2) is 34.8 Å². The topological polar surface area (TPSA) is 62.3 Å². The summed E-state index contributed by atoms with van der Waals surface area (Å²) in [6, 6.07) is 0. The highest BCUT2D eigenvalue weighted by atomic mass is 32.1. The fraction of sp³-hybridized carbons (Fsp3) is 0.375. The lowest BCUT2D eigenvalue weighted by Crippen LogP contribution is -2.51. The molecule has 1 aliphatic heterocycles. The van der Waals surface area contributed by atoms with Crippen LogP contribution in [0.1, 0.15) is 4.88 Å². The Hall–Kier alpha value is -1.27. The first-order chi connectivity index (χ1) is 6.77. The molecule has 0 unspecified atom stereocenters. The third kappa shape index (κ3) is 1.80. The molecule has 0 atom stereocenters. The normalized spacial score (nSPS) is 17.6. The van der Waals surface area contributed by atoms with Gasteiger partial charge in [0.1, 0.15) is 0 Å². The van der Waals surface area contributed by atoms with Gasteiger partial charge in [-0.3, -0.25) is 24.8 Å². The molecule has 2 heterocycles. The summed E-state index contributed by atoms with van der Waals surface area (Å²) < 4.78 is 0. The highest BCUT2D eigenvalue weighted by Crippen LogP contribution is 2.10. The van der Waals surface area contributed by atoms with Crippen molar-refractivity contribution in [2.24, 2.45) is 0 Å². The zero-order chi connectivity index (χ0) is 9.97. The second kappa shape index (κ2) is 3.85. The molecular weight excluding hydrogens is 202 g/mol. The molecule has 1 aromatic heterocycles. The van der Waals surface area contributed by atoms with Crippen LogP contribution in [0.15, 0.2) is 11.7 Å². The average Bonchev–Trinajstić information content (AvgIpc) is 2.64. The largest absolute Gasteiger partial charge is 0.300 e. The van der Waals surface area contributed by atoms with Crippen molar-refractivity contribution in [3.05, 3.63) is 16.6 Å². The van der Waals surface area contributed by atoms with Crippen molar-refractivity contribution in [2.75, 3.05) is 13.1 Å². The van der Waals surface area contributed by atoms with E-state index in [2.05, 4.69) is 10.3 Å². The van der Waals surface area contributed by atoms with E-state index in [-0.39, 0.29) is 24.9 Å². The van der Waals surface area contributed by atoms with Crippen molar-refractivity contribution in [1.29, 1.82) is 0 Å². The van der Waals surface area contributed by atoms with Gasteiger partial charge in [0.05, 0.1) is 25.1 Å². The highest BCUT2D eigenvalue weighted by molar-refractivity contribution is 7.09. The van der Waals surface area contributed by atoms with Gasteiger partial charge in [-0.2, -0.15) is 0 Å². The van der Waals surface area contributed by atoms with E-state index < -0.39 is 0 Å². The third-order valence-corrected chi connectivity index (χ3v) is 2.72. The Morgan fingerprint density at radius 3 is 2.71 bits per heavy atom. The SMILES string of the molecule is O=C1CNCC(=O)N1Cc1cncs1. The number of hydrogen-bond acceptors (Lipinski definition) is 5. The summed E-state index contributed by atoms with van der Waals surface area (Å²) in [5.41, 5.74) is 1.69. The van der Waals surface area contributed by atoms with Crippen molar-refractivity contribution < 1.29 is 9.59 Å². The number of amides is 2. The summed E-state index contributed by atoms with van der Waals surface area (Å²) in [6.07, 6.45) is 1.67. The molecule has 0 bridgehead atoms. The fourth-order valence-electron chi connectivity index (χ4n) is 1.26. The number of hydrogen-bond donors (Lipinski definition) is 1. The minimum atomic E-state index is -0.172. The van der Waals surface area contributed by atoms with Crippen LogP contribution >= 0.6 is 11.3 Å².